The molecule has 0 bridgehead atoms. The van der Waals surface area contributed by atoms with Gasteiger partial charge in [-0.1, -0.05) is 92.5 Å². The summed E-state index contributed by atoms with van der Waals surface area (Å²) in [5.41, 5.74) is -4.99. The lowest BCUT2D eigenvalue weighted by Gasteiger charge is -2.72. The quantitative estimate of drug-likeness (QED) is 0.0382. The molecule has 6 saturated heterocycles. The Hall–Kier alpha value is -2.00. The van der Waals surface area contributed by atoms with Gasteiger partial charge in [0.1, 0.15) is 140 Å². The summed E-state index contributed by atoms with van der Waals surface area (Å²) in [6.45, 7) is 31.3. The number of aliphatic hydroxyl groups excluding tert-OH is 25. The number of aliphatic hydroxyl groups is 25. The van der Waals surface area contributed by atoms with Crippen molar-refractivity contribution in [1.29, 1.82) is 0 Å². The summed E-state index contributed by atoms with van der Waals surface area (Å²) < 4.78 is 75.9. The summed E-state index contributed by atoms with van der Waals surface area (Å²) in [5, 5.41) is 274. The molecule has 25 N–H and O–H groups in total. The van der Waals surface area contributed by atoms with Crippen LogP contribution in [0.1, 0.15) is 220 Å². The Morgan fingerprint density at radius 3 is 0.955 bits per heavy atom. The molecule has 37 nitrogen and oxygen atoms in total. The summed E-state index contributed by atoms with van der Waals surface area (Å²) in [5.74, 6) is -2.34. The first-order valence-corrected chi connectivity index (χ1v) is 48.8. The van der Waals surface area contributed by atoms with Crippen LogP contribution in [0.15, 0.2) is 23.3 Å². The fourth-order valence-electron chi connectivity index (χ4n) is 29.8. The topological polar surface area (TPSA) is 617 Å². The van der Waals surface area contributed by atoms with Crippen LogP contribution >= 0.6 is 0 Å². The van der Waals surface area contributed by atoms with Gasteiger partial charge in [-0.2, -0.15) is 0 Å². The average Bonchev–Trinajstić information content (AvgIpc) is 1.66. The van der Waals surface area contributed by atoms with Crippen molar-refractivity contribution in [2.75, 3.05) is 33.0 Å². The van der Waals surface area contributed by atoms with E-state index in [0.717, 1.165) is 11.1 Å². The summed E-state index contributed by atoms with van der Waals surface area (Å²) in [7, 11) is 0. The first-order valence-electron chi connectivity index (χ1n) is 48.8. The Balaban J connectivity index is 0.000000226. The molecule has 8 saturated carbocycles. The molecule has 0 aromatic rings. The van der Waals surface area contributed by atoms with Crippen molar-refractivity contribution < 1.29 is 185 Å². The largest absolute Gasteiger partial charge is 0.394 e. The van der Waals surface area contributed by atoms with Gasteiger partial charge in [0.05, 0.1) is 87.0 Å². The summed E-state index contributed by atoms with van der Waals surface area (Å²) in [4.78, 5) is 0. The number of allylic oxidation sites excluding steroid dienone is 4. The fourth-order valence-corrected chi connectivity index (χ4v) is 29.8. The molecule has 14 fully saturated rings. The van der Waals surface area contributed by atoms with Gasteiger partial charge in [0.15, 0.2) is 37.7 Å². The first-order chi connectivity index (χ1) is 62.0. The maximum Gasteiger partial charge on any atom is 0.187 e. The molecule has 14 rings (SSSR count). The molecule has 0 aromatic carbocycles. The van der Waals surface area contributed by atoms with Crippen LogP contribution in [-0.4, -0.2) is 393 Å². The van der Waals surface area contributed by atoms with Gasteiger partial charge in [0, 0.05) is 0 Å². The van der Waals surface area contributed by atoms with Crippen LogP contribution in [0.5, 0.6) is 0 Å². The van der Waals surface area contributed by atoms with Crippen LogP contribution in [0.3, 0.4) is 0 Å². The minimum atomic E-state index is -1.86. The molecule has 52 atom stereocenters. The third kappa shape index (κ3) is 18.9. The van der Waals surface area contributed by atoms with E-state index in [2.05, 4.69) is 53.7 Å². The smallest absolute Gasteiger partial charge is 0.187 e. The van der Waals surface area contributed by atoms with Crippen LogP contribution in [0.25, 0.3) is 0 Å². The molecule has 133 heavy (non-hydrogen) atoms. The summed E-state index contributed by atoms with van der Waals surface area (Å²) >= 11 is 0. The molecule has 37 heteroatoms. The highest BCUT2D eigenvalue weighted by atomic mass is 16.8. The molecule has 0 unspecified atom stereocenters. The molecule has 6 aliphatic heterocycles. The normalized spacial score (nSPS) is 53.2. The predicted octanol–water partition coefficient (Wildman–Crippen LogP) is -1.08. The highest BCUT2D eigenvalue weighted by molar-refractivity contribution is 5.25. The van der Waals surface area contributed by atoms with Crippen LogP contribution in [0.2, 0.25) is 0 Å². The molecule has 770 valence electrons. The zero-order valence-corrected chi connectivity index (χ0v) is 80.5. The Labute approximate surface area is 780 Å². The molecule has 8 aliphatic carbocycles. The molecule has 0 radical (unpaired) electrons. The van der Waals surface area contributed by atoms with E-state index in [1.807, 2.05) is 69.2 Å². The molecule has 0 amide bonds. The lowest BCUT2D eigenvalue weighted by atomic mass is 9.34. The van der Waals surface area contributed by atoms with Gasteiger partial charge in [-0.3, -0.25) is 0 Å². The zero-order valence-electron chi connectivity index (χ0n) is 80.5. The van der Waals surface area contributed by atoms with Crippen LogP contribution in [0.4, 0.5) is 0 Å². The fraction of sp³-hybridized carbons (Fsp3) is 0.958. The van der Waals surface area contributed by atoms with Crippen molar-refractivity contribution in [3.63, 3.8) is 0 Å². The van der Waals surface area contributed by atoms with E-state index in [1.165, 1.54) is 6.92 Å². The lowest BCUT2D eigenvalue weighted by molar-refractivity contribution is -0.383. The maximum absolute atomic E-state index is 12.7. The molecule has 14 aliphatic rings. The maximum atomic E-state index is 12.7. The standard InChI is InChI=1S/C48H82O19.C48H82O18/c1-21(2)10-9-13-48(8,67-42-38(61)35(58)32(55)26(19-50)64-42)22-11-15-46(6)30(22)23(52)16-28-45(5)14-12-29(53)44(3,4)40(45)24(17-47(28,46)7)62-43-39(36(59)33(56)27(20-51)65-43)66-41-37(60)34(57)31(54)25(18-49)63-41;1-21(2)11-10-14-48(9,66-42-38(60)35(57)32(54)26(19-49)63-42)23-12-16-46(7)30(23)24(51)17-28-45(6)15-13-29(52)44(4,5)40(45)25(18-47(28,46)8)62-43-39(36(58)33(55)27(20-50)64-43)65-41-37(59)34(56)31(53)22(3)61-41/h10,22-43,49-61H,9,11-20H2,1-8H3;11,22-43,49-60H,10,12-20H2,1-9H3/t22-,23+,24-,25+,26+,27+,28+,29-,30-,31+,32+,33+,34-,35-,36-,37+,38+,39+,40-,41-,42-,43+,45+,46+,47+,48-;22-,23-,24+,25-,26+,27+,28+,29-,30-,31-,32+,33+,34+,35-,36-,37+,38+,39+,40-,41-,42-,43+,45+,46+,47+,48-/m00/s1. The third-order valence-corrected chi connectivity index (χ3v) is 37.4. The monoisotopic (exact) mass is 1910 g/mol. The number of hydrogen-bond donors (Lipinski definition) is 25. The van der Waals surface area contributed by atoms with Gasteiger partial charge in [0.2, 0.25) is 0 Å². The van der Waals surface area contributed by atoms with E-state index in [9.17, 15) is 128 Å². The Kier molecular flexibility index (Phi) is 33.0. The second-order valence-electron chi connectivity index (χ2n) is 46.1. The third-order valence-electron chi connectivity index (χ3n) is 37.4. The number of ether oxygens (including phenoxy) is 12. The van der Waals surface area contributed by atoms with Gasteiger partial charge >= 0.3 is 0 Å². The van der Waals surface area contributed by atoms with E-state index >= 15 is 0 Å². The van der Waals surface area contributed by atoms with E-state index in [0.29, 0.717) is 103 Å². The van der Waals surface area contributed by atoms with E-state index in [4.69, 9.17) is 56.8 Å². The molecule has 0 aromatic heterocycles. The molecular formula is C96H164O37. The first kappa shape index (κ1) is 108. The minimum absolute atomic E-state index is 0.0861. The van der Waals surface area contributed by atoms with E-state index < -0.39 is 314 Å². The second kappa shape index (κ2) is 40.5. The predicted molar refractivity (Wildman–Crippen MR) is 469 cm³/mol. The SMILES string of the molecule is CC(C)=CCC[C@](C)(O[C@@H]1O[C@H](CO)[C@@H](O)[C@H](O)[C@H]1O)[C@H]1CC[C@]2(C)[C@@H]1[C@H](O)C[C@@H]1[C@@]3(C)CC[C@H](O)C(C)(C)[C@@H]3[C@@H](O[C@@H]3O[C@H](CO)[C@@H](O)[C@H](O)[C@H]3O[C@@H]3O[C@@H](C)[C@H](O)[C@@H](O)[C@H]3O)C[C@]12C.CC(C)=CCC[C@](C)(O[C@@H]1O[C@H](CO)[C@@H](O)[C@H](O)[C@H]1O)[C@H]1CC[C@]2(C)[C@@H]1[C@H](O)C[C@@H]1[C@@]3(C)CC[C@H](O)C(C)(C)[C@@H]3[C@@H](O[C@@H]3O[C@H](CO)[C@@H](O)[C@H](O)[C@H]3O[C@@H]3O[C@H](CO)[C@@H](O)[C@H](O)[C@H]3O)C[C@]12C. The average molecular weight is 1910 g/mol. The lowest BCUT2D eigenvalue weighted by Crippen LogP contribution is -2.71. The van der Waals surface area contributed by atoms with Crippen molar-refractivity contribution in [1.82, 2.24) is 0 Å². The Morgan fingerprint density at radius 1 is 0.338 bits per heavy atom. The van der Waals surface area contributed by atoms with Crippen LogP contribution < -0.4 is 0 Å². The summed E-state index contributed by atoms with van der Waals surface area (Å²) in [6, 6.07) is 0. The van der Waals surface area contributed by atoms with Crippen LogP contribution in [0, 0.1) is 90.7 Å². The Bertz CT molecular complexity index is 3890. The molecule has 0 spiro atoms. The van der Waals surface area contributed by atoms with Crippen molar-refractivity contribution in [2.45, 2.75) is 452 Å². The molecular weight excluding hydrogens is 1750 g/mol. The van der Waals surface area contributed by atoms with Gasteiger partial charge in [-0.05, 0) is 242 Å². The minimum Gasteiger partial charge on any atom is -0.394 e. The number of rotatable bonds is 25. The van der Waals surface area contributed by atoms with Crippen molar-refractivity contribution in [3.8, 4) is 0 Å². The highest BCUT2D eigenvalue weighted by Crippen LogP contribution is 2.79. The Morgan fingerprint density at radius 2 is 0.632 bits per heavy atom. The van der Waals surface area contributed by atoms with Crippen molar-refractivity contribution >= 4 is 0 Å². The second-order valence-corrected chi connectivity index (χ2v) is 46.1. The van der Waals surface area contributed by atoms with Crippen molar-refractivity contribution in [3.05, 3.63) is 23.3 Å². The number of fused-ring (bicyclic) bond motifs is 10. The van der Waals surface area contributed by atoms with E-state index in [1.54, 1.807) is 0 Å². The highest BCUT2D eigenvalue weighted by Gasteiger charge is 2.77. The number of hydrogen-bond acceptors (Lipinski definition) is 37. The van der Waals surface area contributed by atoms with E-state index in [-0.39, 0.29) is 41.4 Å². The van der Waals surface area contributed by atoms with Crippen LogP contribution in [-0.2, 0) is 56.8 Å². The van der Waals surface area contributed by atoms with Gasteiger partial charge in [-0.15, -0.1) is 0 Å². The van der Waals surface area contributed by atoms with Crippen molar-refractivity contribution in [2.24, 2.45) is 90.7 Å². The zero-order chi connectivity index (χ0) is 98.3. The van der Waals surface area contributed by atoms with Gasteiger partial charge in [-0.25, -0.2) is 0 Å². The van der Waals surface area contributed by atoms with Gasteiger partial charge < -0.3 is 185 Å². The van der Waals surface area contributed by atoms with Gasteiger partial charge in [0.25, 0.3) is 0 Å². The summed E-state index contributed by atoms with van der Waals surface area (Å²) in [6.07, 6.45) is -38.4. The molecule has 6 heterocycles.